The average molecular weight is 137 g/mol. The van der Waals surface area contributed by atoms with Gasteiger partial charge in [0.05, 0.1) is 0 Å². The summed E-state index contributed by atoms with van der Waals surface area (Å²) in [7, 11) is 0. The largest absolute Gasteiger partial charge is 0.185 e. The van der Waals surface area contributed by atoms with E-state index in [4.69, 9.17) is 5.26 Å². The Morgan fingerprint density at radius 1 is 1.89 bits per heavy atom. The minimum Gasteiger partial charge on any atom is -0.185 e. The Hall–Kier alpha value is -0.680. The van der Waals surface area contributed by atoms with E-state index in [0.29, 0.717) is 0 Å². The molecule has 0 spiro atoms. The number of nitriles is 1. The molecule has 0 aliphatic heterocycles. The third-order valence-corrected chi connectivity index (χ3v) is 1.90. The summed E-state index contributed by atoms with van der Waals surface area (Å²) in [6, 6.07) is 0. The fourth-order valence-corrected chi connectivity index (χ4v) is 1.14. The topological polar surface area (TPSA) is 23.8 Å². The standard InChI is InChI=1S/C7H7NS/c1-6-2-3-7(6)4-9-5-8/h2,4H,3H2,1H3/b7-4-. The highest BCUT2D eigenvalue weighted by atomic mass is 32.2. The van der Waals surface area contributed by atoms with E-state index < -0.39 is 0 Å². The summed E-state index contributed by atoms with van der Waals surface area (Å²) in [5.74, 6) is 0. The SMILES string of the molecule is CC1=CC/C1=C/SC#N. The molecule has 46 valence electrons. The molecule has 0 heterocycles. The number of thioether (sulfide) groups is 1. The Morgan fingerprint density at radius 3 is 3.00 bits per heavy atom. The molecule has 1 aliphatic rings. The number of thiocyanates is 1. The van der Waals surface area contributed by atoms with Crippen LogP contribution in [0.3, 0.4) is 0 Å². The molecule has 0 N–H and O–H groups in total. The molecule has 0 aromatic rings. The second-order valence-electron chi connectivity index (χ2n) is 1.94. The Bertz CT molecular complexity index is 207. The third-order valence-electron chi connectivity index (χ3n) is 1.39. The van der Waals surface area contributed by atoms with E-state index in [0.717, 1.165) is 6.42 Å². The van der Waals surface area contributed by atoms with Gasteiger partial charge in [-0.15, -0.1) is 0 Å². The predicted molar refractivity (Wildman–Crippen MR) is 39.7 cm³/mol. The zero-order valence-corrected chi connectivity index (χ0v) is 6.03. The number of nitrogens with zero attached hydrogens (tertiary/aromatic N) is 1. The van der Waals surface area contributed by atoms with Gasteiger partial charge < -0.3 is 0 Å². The molecule has 1 nitrogen and oxygen atoms in total. The van der Waals surface area contributed by atoms with Gasteiger partial charge in [-0.3, -0.25) is 0 Å². The summed E-state index contributed by atoms with van der Waals surface area (Å²) in [5, 5.41) is 12.1. The first-order chi connectivity index (χ1) is 4.34. The van der Waals surface area contributed by atoms with E-state index in [2.05, 4.69) is 13.0 Å². The van der Waals surface area contributed by atoms with Crippen molar-refractivity contribution in [2.75, 3.05) is 0 Å². The molecule has 0 unspecified atom stereocenters. The van der Waals surface area contributed by atoms with Crippen LogP contribution in [0.5, 0.6) is 0 Å². The summed E-state index contributed by atoms with van der Waals surface area (Å²) >= 11 is 1.20. The van der Waals surface area contributed by atoms with E-state index in [9.17, 15) is 0 Å². The highest BCUT2D eigenvalue weighted by molar-refractivity contribution is 8.06. The van der Waals surface area contributed by atoms with Crippen molar-refractivity contribution in [3.63, 3.8) is 0 Å². The first kappa shape index (κ1) is 6.44. The maximum Gasteiger partial charge on any atom is 0.137 e. The molecule has 0 fully saturated rings. The van der Waals surface area contributed by atoms with Crippen molar-refractivity contribution in [1.82, 2.24) is 0 Å². The molecule has 0 atom stereocenters. The monoisotopic (exact) mass is 137 g/mol. The first-order valence-corrected chi connectivity index (χ1v) is 3.63. The van der Waals surface area contributed by atoms with Crippen LogP contribution in [0.1, 0.15) is 13.3 Å². The van der Waals surface area contributed by atoms with Gasteiger partial charge in [0.25, 0.3) is 0 Å². The molecule has 0 amide bonds. The summed E-state index contributed by atoms with van der Waals surface area (Å²) < 4.78 is 0. The van der Waals surface area contributed by atoms with Gasteiger partial charge in [-0.25, -0.2) is 0 Å². The van der Waals surface area contributed by atoms with Crippen LogP contribution in [0, 0.1) is 10.7 Å². The lowest BCUT2D eigenvalue weighted by Crippen LogP contribution is -1.93. The lowest BCUT2D eigenvalue weighted by atomic mass is 9.95. The van der Waals surface area contributed by atoms with E-state index in [1.54, 1.807) is 0 Å². The van der Waals surface area contributed by atoms with E-state index in [1.165, 1.54) is 22.9 Å². The molecule has 0 saturated carbocycles. The quantitative estimate of drug-likeness (QED) is 0.518. The summed E-state index contributed by atoms with van der Waals surface area (Å²) in [4.78, 5) is 0. The van der Waals surface area contributed by atoms with Crippen LogP contribution in [0.25, 0.3) is 0 Å². The van der Waals surface area contributed by atoms with Gasteiger partial charge in [0.15, 0.2) is 0 Å². The summed E-state index contributed by atoms with van der Waals surface area (Å²) in [6.07, 6.45) is 3.20. The van der Waals surface area contributed by atoms with Crippen LogP contribution in [-0.4, -0.2) is 0 Å². The van der Waals surface area contributed by atoms with Gasteiger partial charge in [-0.05, 0) is 36.1 Å². The maximum absolute atomic E-state index is 8.17. The van der Waals surface area contributed by atoms with Crippen molar-refractivity contribution in [1.29, 1.82) is 5.26 Å². The molecule has 0 aromatic heterocycles. The zero-order valence-electron chi connectivity index (χ0n) is 5.22. The van der Waals surface area contributed by atoms with Crippen LogP contribution < -0.4 is 0 Å². The van der Waals surface area contributed by atoms with E-state index >= 15 is 0 Å². The molecule has 0 aromatic carbocycles. The highest BCUT2D eigenvalue weighted by Gasteiger charge is 2.06. The Labute approximate surface area is 59.1 Å². The number of hydrogen-bond donors (Lipinski definition) is 0. The molecule has 0 saturated heterocycles. The normalized spacial score (nSPS) is 20.4. The van der Waals surface area contributed by atoms with Crippen molar-refractivity contribution < 1.29 is 0 Å². The molecule has 1 rings (SSSR count). The van der Waals surface area contributed by atoms with Crippen LogP contribution in [0.4, 0.5) is 0 Å². The van der Waals surface area contributed by atoms with Gasteiger partial charge in [0, 0.05) is 0 Å². The second-order valence-corrected chi connectivity index (χ2v) is 2.60. The molecule has 2 heteroatoms. The number of rotatable bonds is 1. The van der Waals surface area contributed by atoms with Crippen LogP contribution >= 0.6 is 11.8 Å². The van der Waals surface area contributed by atoms with Gasteiger partial charge in [0.2, 0.25) is 0 Å². The molecular formula is C7H7NS. The van der Waals surface area contributed by atoms with Gasteiger partial charge in [0.1, 0.15) is 5.40 Å². The molecular weight excluding hydrogens is 130 g/mol. The van der Waals surface area contributed by atoms with Crippen molar-refractivity contribution in [3.05, 3.63) is 22.6 Å². The Balaban J connectivity index is 2.48. The fourth-order valence-electron chi connectivity index (χ4n) is 0.663. The Kier molecular flexibility index (Phi) is 1.96. The lowest BCUT2D eigenvalue weighted by molar-refractivity contribution is 1.10. The maximum atomic E-state index is 8.17. The molecule has 1 aliphatic carbocycles. The van der Waals surface area contributed by atoms with Crippen LogP contribution in [-0.2, 0) is 0 Å². The number of hydrogen-bond acceptors (Lipinski definition) is 2. The average Bonchev–Trinajstić information content (AvgIpc) is 1.86. The second kappa shape index (κ2) is 2.75. The minimum absolute atomic E-state index is 1.04. The van der Waals surface area contributed by atoms with Crippen molar-refractivity contribution in [2.24, 2.45) is 0 Å². The van der Waals surface area contributed by atoms with Gasteiger partial charge >= 0.3 is 0 Å². The van der Waals surface area contributed by atoms with E-state index in [1.807, 2.05) is 10.8 Å². The van der Waals surface area contributed by atoms with Gasteiger partial charge in [-0.2, -0.15) is 5.26 Å². The van der Waals surface area contributed by atoms with Crippen LogP contribution in [0.2, 0.25) is 0 Å². The molecule has 0 bridgehead atoms. The zero-order chi connectivity index (χ0) is 6.69. The highest BCUT2D eigenvalue weighted by Crippen LogP contribution is 2.27. The van der Waals surface area contributed by atoms with Crippen molar-refractivity contribution in [3.8, 4) is 5.40 Å². The first-order valence-electron chi connectivity index (χ1n) is 2.75. The van der Waals surface area contributed by atoms with Crippen molar-refractivity contribution >= 4 is 11.8 Å². The number of allylic oxidation sites excluding steroid dienone is 3. The predicted octanol–water partition coefficient (Wildman–Crippen LogP) is 2.43. The Morgan fingerprint density at radius 2 is 2.67 bits per heavy atom. The summed E-state index contributed by atoms with van der Waals surface area (Å²) in [5.41, 5.74) is 2.62. The smallest absolute Gasteiger partial charge is 0.137 e. The van der Waals surface area contributed by atoms with Crippen molar-refractivity contribution in [2.45, 2.75) is 13.3 Å². The molecule has 0 radical (unpaired) electrons. The van der Waals surface area contributed by atoms with E-state index in [-0.39, 0.29) is 0 Å². The molecule has 9 heavy (non-hydrogen) atoms. The summed E-state index contributed by atoms with van der Waals surface area (Å²) in [6.45, 7) is 2.06. The third kappa shape index (κ3) is 1.36. The fraction of sp³-hybridized carbons (Fsp3) is 0.286. The minimum atomic E-state index is 1.04. The lowest BCUT2D eigenvalue weighted by Gasteiger charge is -2.13. The van der Waals surface area contributed by atoms with Crippen LogP contribution in [0.15, 0.2) is 22.6 Å². The van der Waals surface area contributed by atoms with Gasteiger partial charge in [-0.1, -0.05) is 11.6 Å².